The van der Waals surface area contributed by atoms with Crippen LogP contribution in [0.25, 0.3) is 0 Å². The third-order valence-corrected chi connectivity index (χ3v) is 12.2. The van der Waals surface area contributed by atoms with E-state index >= 15 is 0 Å². The fourth-order valence-corrected chi connectivity index (χ4v) is 7.56. The van der Waals surface area contributed by atoms with Gasteiger partial charge < -0.3 is 64.2 Å². The summed E-state index contributed by atoms with van der Waals surface area (Å²) in [5, 5.41) is 72.4. The molecule has 0 radical (unpaired) electrons. The molecule has 0 aromatic heterocycles. The van der Waals surface area contributed by atoms with Crippen LogP contribution in [0.4, 0.5) is 0 Å². The summed E-state index contributed by atoms with van der Waals surface area (Å²) in [6.45, 7) is 6.91. The Kier molecular flexibility index (Phi) is 29.3. The summed E-state index contributed by atoms with van der Waals surface area (Å²) in [6.07, 6.45) is 5.36. The van der Waals surface area contributed by atoms with Crippen molar-refractivity contribution in [3.05, 3.63) is 0 Å². The molecule has 0 spiro atoms. The van der Waals surface area contributed by atoms with Gasteiger partial charge in [-0.05, 0) is 24.7 Å². The van der Waals surface area contributed by atoms with Gasteiger partial charge in [0.25, 0.3) is 0 Å². The number of carbonyl (C=O) groups excluding carboxylic acids is 2. The zero-order valence-corrected chi connectivity index (χ0v) is 37.3. The maximum atomic E-state index is 13.0. The molecule has 0 aromatic carbocycles. The Bertz CT molecular complexity index is 1100. The van der Waals surface area contributed by atoms with Gasteiger partial charge in [0.2, 0.25) is 0 Å². The van der Waals surface area contributed by atoms with Crippen molar-refractivity contribution in [2.24, 2.45) is 11.8 Å². The predicted octanol–water partition coefficient (Wildman–Crippen LogP) is 4.98. The largest absolute Gasteiger partial charge is 0.462 e. The summed E-state index contributed by atoms with van der Waals surface area (Å²) < 4.78 is 33.7. The van der Waals surface area contributed by atoms with Gasteiger partial charge in [-0.3, -0.25) is 9.59 Å². The van der Waals surface area contributed by atoms with Crippen molar-refractivity contribution >= 4 is 11.9 Å². The first-order chi connectivity index (χ1) is 28.9. The number of unbranched alkanes of at least 4 members (excludes halogenated alkanes) is 14. The van der Waals surface area contributed by atoms with E-state index in [-0.39, 0.29) is 19.4 Å². The number of hydrogen-bond donors (Lipinski definition) is 7. The molecule has 60 heavy (non-hydrogen) atoms. The van der Waals surface area contributed by atoms with Gasteiger partial charge in [-0.25, -0.2) is 0 Å². The molecular formula is C45H84O15. The second-order valence-corrected chi connectivity index (χ2v) is 17.4. The number of esters is 2. The van der Waals surface area contributed by atoms with Crippen LogP contribution in [-0.4, -0.2) is 142 Å². The van der Waals surface area contributed by atoms with E-state index in [0.29, 0.717) is 12.8 Å². The lowest BCUT2D eigenvalue weighted by atomic mass is 9.97. The summed E-state index contributed by atoms with van der Waals surface area (Å²) >= 11 is 0. The lowest BCUT2D eigenvalue weighted by Crippen LogP contribution is -2.65. The van der Waals surface area contributed by atoms with E-state index in [4.69, 9.17) is 28.4 Å². The minimum absolute atomic E-state index is 0.160. The first-order valence-electron chi connectivity index (χ1n) is 23.4. The van der Waals surface area contributed by atoms with Gasteiger partial charge in [0.1, 0.15) is 55.4 Å². The molecule has 2 heterocycles. The average molecular weight is 865 g/mol. The molecule has 2 fully saturated rings. The Morgan fingerprint density at radius 2 is 0.983 bits per heavy atom. The van der Waals surface area contributed by atoms with Crippen molar-refractivity contribution in [3.8, 4) is 0 Å². The van der Waals surface area contributed by atoms with E-state index in [2.05, 4.69) is 27.7 Å². The van der Waals surface area contributed by atoms with E-state index in [0.717, 1.165) is 50.4 Å². The summed E-state index contributed by atoms with van der Waals surface area (Å²) in [6, 6.07) is 0. The van der Waals surface area contributed by atoms with Gasteiger partial charge in [-0.1, -0.05) is 143 Å². The molecule has 0 aliphatic carbocycles. The fourth-order valence-electron chi connectivity index (χ4n) is 7.56. The molecule has 0 aromatic rings. The molecule has 0 saturated carbocycles. The van der Waals surface area contributed by atoms with Crippen LogP contribution in [0.3, 0.4) is 0 Å². The van der Waals surface area contributed by atoms with Crippen LogP contribution >= 0.6 is 0 Å². The zero-order chi connectivity index (χ0) is 44.3. The first-order valence-corrected chi connectivity index (χ1v) is 23.4. The topological polar surface area (TPSA) is 231 Å². The predicted molar refractivity (Wildman–Crippen MR) is 224 cm³/mol. The summed E-state index contributed by atoms with van der Waals surface area (Å²) in [5.41, 5.74) is 0. The van der Waals surface area contributed by atoms with Crippen molar-refractivity contribution in [2.45, 2.75) is 236 Å². The Labute approximate surface area is 359 Å². The highest BCUT2D eigenvalue weighted by molar-refractivity contribution is 5.70. The van der Waals surface area contributed by atoms with Crippen molar-refractivity contribution in [1.82, 2.24) is 0 Å². The van der Waals surface area contributed by atoms with Gasteiger partial charge in [0.15, 0.2) is 18.7 Å². The van der Waals surface area contributed by atoms with Crippen LogP contribution in [0.15, 0.2) is 0 Å². The Morgan fingerprint density at radius 1 is 0.533 bits per heavy atom. The number of hydrogen-bond acceptors (Lipinski definition) is 15. The number of rotatable bonds is 34. The molecule has 15 heteroatoms. The molecule has 354 valence electrons. The van der Waals surface area contributed by atoms with E-state index in [1.165, 1.54) is 77.0 Å². The summed E-state index contributed by atoms with van der Waals surface area (Å²) in [7, 11) is 0. The molecular weight excluding hydrogens is 780 g/mol. The van der Waals surface area contributed by atoms with Crippen LogP contribution in [0.2, 0.25) is 0 Å². The number of carbonyl (C=O) groups is 2. The van der Waals surface area contributed by atoms with E-state index in [1.807, 2.05) is 0 Å². The lowest BCUT2D eigenvalue weighted by Gasteiger charge is -2.46. The van der Waals surface area contributed by atoms with Crippen molar-refractivity contribution < 1.29 is 73.8 Å². The highest BCUT2D eigenvalue weighted by atomic mass is 16.7. The molecule has 3 unspecified atom stereocenters. The molecule has 0 bridgehead atoms. The second-order valence-electron chi connectivity index (χ2n) is 17.4. The van der Waals surface area contributed by atoms with Gasteiger partial charge in [0, 0.05) is 12.8 Å². The van der Waals surface area contributed by atoms with Gasteiger partial charge in [-0.2, -0.15) is 0 Å². The van der Waals surface area contributed by atoms with Crippen LogP contribution in [0.5, 0.6) is 0 Å². The zero-order valence-electron chi connectivity index (χ0n) is 37.3. The smallest absolute Gasteiger partial charge is 0.306 e. The third-order valence-electron chi connectivity index (χ3n) is 12.2. The van der Waals surface area contributed by atoms with Crippen LogP contribution in [0.1, 0.15) is 169 Å². The van der Waals surface area contributed by atoms with Gasteiger partial charge in [-0.15, -0.1) is 0 Å². The van der Waals surface area contributed by atoms with Gasteiger partial charge >= 0.3 is 11.9 Å². The van der Waals surface area contributed by atoms with E-state index < -0.39 is 99.3 Å². The Balaban J connectivity index is 1.91. The minimum Gasteiger partial charge on any atom is -0.462 e. The maximum Gasteiger partial charge on any atom is 0.306 e. The van der Waals surface area contributed by atoms with Crippen molar-refractivity contribution in [2.75, 3.05) is 26.4 Å². The first kappa shape index (κ1) is 54.6. The van der Waals surface area contributed by atoms with E-state index in [1.54, 1.807) is 0 Å². The molecule has 2 rings (SSSR count). The second kappa shape index (κ2) is 32.2. The fraction of sp³-hybridized carbons (Fsp3) is 0.956. The SMILES string of the molecule is CCC(C)CCCCCCCCCCC(=O)OCC(CO[C@H]1O[C@H](CO)[C@@H](O)[C@H](O[C@H]2O[C@H](CO)[C@@H](O)[C@H](O)[C@H]2O)[C@@H]1O)OC(=O)CCCCCCCCCCC(C)CC. The number of aliphatic hydroxyl groups is 7. The Morgan fingerprint density at radius 3 is 1.48 bits per heavy atom. The van der Waals surface area contributed by atoms with Gasteiger partial charge in [0.05, 0.1) is 19.8 Å². The molecule has 2 aliphatic heterocycles. The van der Waals surface area contributed by atoms with Crippen LogP contribution < -0.4 is 0 Å². The molecule has 7 N–H and O–H groups in total. The summed E-state index contributed by atoms with van der Waals surface area (Å²) in [5.74, 6) is 0.639. The highest BCUT2D eigenvalue weighted by Crippen LogP contribution is 2.30. The maximum absolute atomic E-state index is 13.0. The third kappa shape index (κ3) is 21.2. The molecule has 0 amide bonds. The quantitative estimate of drug-likeness (QED) is 0.0334. The minimum atomic E-state index is -1.83. The molecule has 2 saturated heterocycles. The van der Waals surface area contributed by atoms with Crippen LogP contribution in [-0.2, 0) is 38.0 Å². The average Bonchev–Trinajstić information content (AvgIpc) is 3.24. The van der Waals surface area contributed by atoms with Crippen molar-refractivity contribution in [1.29, 1.82) is 0 Å². The lowest BCUT2D eigenvalue weighted by molar-refractivity contribution is -0.361. The standard InChI is InChI=1S/C45H84O15/c1-5-31(3)23-19-15-11-7-9-13-17-21-25-36(48)55-29-33(57-37(49)26-22-18-14-10-8-12-16-20-24-32(4)6-2)30-56-44-42(54)43(39(51)35(28-47)58-44)60-45-41(53)40(52)38(50)34(27-46)59-45/h31-35,38-47,50-54H,5-30H2,1-4H3/t31?,32?,33?,34-,35-,38-,39-,40+,41-,42+,43+,44+,45-/m1/s1. The monoisotopic (exact) mass is 865 g/mol. The number of aliphatic hydroxyl groups excluding tert-OH is 7. The van der Waals surface area contributed by atoms with Crippen molar-refractivity contribution in [3.63, 3.8) is 0 Å². The molecule has 15 nitrogen and oxygen atoms in total. The molecule has 2 aliphatic rings. The van der Waals surface area contributed by atoms with Crippen LogP contribution in [0, 0.1) is 11.8 Å². The summed E-state index contributed by atoms with van der Waals surface area (Å²) in [4.78, 5) is 25.7. The normalized spacial score (nSPS) is 28.6. The van der Waals surface area contributed by atoms with E-state index in [9.17, 15) is 45.3 Å². The Hall–Kier alpha value is -1.50. The highest BCUT2D eigenvalue weighted by Gasteiger charge is 2.51. The molecule has 13 atom stereocenters. The number of ether oxygens (including phenoxy) is 6.